The summed E-state index contributed by atoms with van der Waals surface area (Å²) in [7, 11) is 3.15. The highest BCUT2D eigenvalue weighted by atomic mass is 16.5. The van der Waals surface area contributed by atoms with Crippen molar-refractivity contribution in [3.8, 4) is 11.5 Å². The number of hydrogen-bond acceptors (Lipinski definition) is 7. The summed E-state index contributed by atoms with van der Waals surface area (Å²) >= 11 is 0. The Morgan fingerprint density at radius 3 is 2.45 bits per heavy atom. The Morgan fingerprint density at radius 2 is 1.79 bits per heavy atom. The molecule has 1 aromatic rings. The Morgan fingerprint density at radius 1 is 1.05 bits per heavy atom. The number of benzene rings is 1. The molecular formula is C32H50N4O6. The van der Waals surface area contributed by atoms with Crippen LogP contribution >= 0.6 is 0 Å². The molecule has 2 heterocycles. The standard InChI is InChI=1S/C32H50N4O6/c1-4-5-18-36-29(38)25(23-31(40)13-7-6-8-14-31)34-30(39)32(36)15-19-35(20-16-32)17-9-10-21-42-26-12-11-24(28(37)33-2)22-27(26)41-3/h11-12,22,25,40H,4-10,13-21,23H2,1-3H3,(H,33,37)(H,34,39)/t25-/m1/s1. The summed E-state index contributed by atoms with van der Waals surface area (Å²) in [5.74, 6) is 0.891. The van der Waals surface area contributed by atoms with Crippen molar-refractivity contribution in [3.63, 3.8) is 0 Å². The summed E-state index contributed by atoms with van der Waals surface area (Å²) in [5.41, 5.74) is -1.14. The van der Waals surface area contributed by atoms with Gasteiger partial charge in [0.25, 0.3) is 5.91 Å². The molecule has 0 radical (unpaired) electrons. The molecule has 2 aliphatic heterocycles. The summed E-state index contributed by atoms with van der Waals surface area (Å²) in [6.07, 6.45) is 9.62. The quantitative estimate of drug-likeness (QED) is 0.304. The van der Waals surface area contributed by atoms with Gasteiger partial charge in [0.15, 0.2) is 11.5 Å². The van der Waals surface area contributed by atoms with E-state index in [2.05, 4.69) is 22.5 Å². The highest BCUT2D eigenvalue weighted by Crippen LogP contribution is 2.37. The van der Waals surface area contributed by atoms with E-state index in [0.717, 1.165) is 64.6 Å². The number of carbonyl (C=O) groups is 3. The number of ether oxygens (including phenoxy) is 2. The molecule has 10 nitrogen and oxygen atoms in total. The number of methoxy groups -OCH3 is 1. The number of hydrogen-bond donors (Lipinski definition) is 3. The van der Waals surface area contributed by atoms with Gasteiger partial charge in [0, 0.05) is 38.7 Å². The lowest BCUT2D eigenvalue weighted by atomic mass is 9.77. The van der Waals surface area contributed by atoms with Crippen molar-refractivity contribution >= 4 is 17.7 Å². The number of unbranched alkanes of at least 4 members (excludes halogenated alkanes) is 2. The van der Waals surface area contributed by atoms with Crippen LogP contribution in [0, 0.1) is 0 Å². The van der Waals surface area contributed by atoms with Crippen LogP contribution < -0.4 is 20.1 Å². The maximum atomic E-state index is 13.8. The zero-order chi connectivity index (χ0) is 30.2. The lowest BCUT2D eigenvalue weighted by molar-refractivity contribution is -0.163. The van der Waals surface area contributed by atoms with Crippen molar-refractivity contribution in [1.82, 2.24) is 20.4 Å². The first-order chi connectivity index (χ1) is 20.2. The van der Waals surface area contributed by atoms with Crippen molar-refractivity contribution in [1.29, 1.82) is 0 Å². The fourth-order valence-corrected chi connectivity index (χ4v) is 6.78. The number of nitrogens with zero attached hydrogens (tertiary/aromatic N) is 2. The minimum atomic E-state index is -0.861. The predicted octanol–water partition coefficient (Wildman–Crippen LogP) is 3.26. The molecule has 1 spiro atoms. The second-order valence-corrected chi connectivity index (χ2v) is 12.2. The normalized spacial score (nSPS) is 22.1. The highest BCUT2D eigenvalue weighted by molar-refractivity contribution is 6.00. The number of piperazine rings is 1. The fraction of sp³-hybridized carbons (Fsp3) is 0.719. The third-order valence-electron chi connectivity index (χ3n) is 9.37. The maximum absolute atomic E-state index is 13.8. The Hall–Kier alpha value is -2.85. The van der Waals surface area contributed by atoms with Crippen LogP contribution in [0.3, 0.4) is 0 Å². The first-order valence-electron chi connectivity index (χ1n) is 15.9. The smallest absolute Gasteiger partial charge is 0.251 e. The van der Waals surface area contributed by atoms with Crippen LogP contribution in [0.2, 0.25) is 0 Å². The molecule has 1 aliphatic carbocycles. The summed E-state index contributed by atoms with van der Waals surface area (Å²) in [4.78, 5) is 43.6. The molecule has 4 rings (SSSR count). The van der Waals surface area contributed by atoms with Crippen molar-refractivity contribution in [2.45, 2.75) is 101 Å². The van der Waals surface area contributed by atoms with Crippen LogP contribution in [-0.4, -0.2) is 96.8 Å². The minimum Gasteiger partial charge on any atom is -0.493 e. The average Bonchev–Trinajstić information content (AvgIpc) is 3.00. The van der Waals surface area contributed by atoms with Gasteiger partial charge in [-0.3, -0.25) is 14.4 Å². The molecule has 3 N–H and O–H groups in total. The number of aliphatic hydroxyl groups is 1. The molecule has 0 unspecified atom stereocenters. The maximum Gasteiger partial charge on any atom is 0.251 e. The number of piperidine rings is 1. The van der Waals surface area contributed by atoms with Crippen LogP contribution in [0.4, 0.5) is 0 Å². The van der Waals surface area contributed by atoms with E-state index in [0.29, 0.717) is 62.3 Å². The lowest BCUT2D eigenvalue weighted by Crippen LogP contribution is -2.73. The molecule has 1 aromatic carbocycles. The summed E-state index contributed by atoms with van der Waals surface area (Å²) in [6.45, 7) is 5.63. The first kappa shape index (κ1) is 32.1. The molecule has 1 saturated carbocycles. The van der Waals surface area contributed by atoms with E-state index in [1.165, 1.54) is 0 Å². The van der Waals surface area contributed by atoms with E-state index in [1.807, 2.05) is 4.90 Å². The van der Waals surface area contributed by atoms with Crippen molar-refractivity contribution in [2.75, 3.05) is 46.9 Å². The van der Waals surface area contributed by atoms with Crippen molar-refractivity contribution in [2.24, 2.45) is 0 Å². The van der Waals surface area contributed by atoms with Gasteiger partial charge in [0.05, 0.1) is 19.3 Å². The number of nitrogens with one attached hydrogen (secondary N) is 2. The molecule has 10 heteroatoms. The van der Waals surface area contributed by atoms with Gasteiger partial charge >= 0.3 is 0 Å². The lowest BCUT2D eigenvalue weighted by Gasteiger charge is -2.52. The van der Waals surface area contributed by atoms with Crippen LogP contribution in [0.5, 0.6) is 11.5 Å². The van der Waals surface area contributed by atoms with E-state index in [9.17, 15) is 19.5 Å². The second kappa shape index (κ2) is 14.6. The Labute approximate surface area is 250 Å². The van der Waals surface area contributed by atoms with E-state index in [4.69, 9.17) is 9.47 Å². The highest BCUT2D eigenvalue weighted by Gasteiger charge is 2.54. The number of amides is 3. The van der Waals surface area contributed by atoms with Crippen LogP contribution in [-0.2, 0) is 9.59 Å². The molecule has 0 aromatic heterocycles. The van der Waals surface area contributed by atoms with Gasteiger partial charge in [0.2, 0.25) is 11.8 Å². The molecule has 42 heavy (non-hydrogen) atoms. The van der Waals surface area contributed by atoms with E-state index >= 15 is 0 Å². The third-order valence-corrected chi connectivity index (χ3v) is 9.37. The van der Waals surface area contributed by atoms with Gasteiger partial charge in [0.1, 0.15) is 11.6 Å². The number of likely N-dealkylation sites (tertiary alicyclic amines) is 1. The van der Waals surface area contributed by atoms with E-state index in [-0.39, 0.29) is 17.7 Å². The number of rotatable bonds is 13. The van der Waals surface area contributed by atoms with Gasteiger partial charge in [-0.25, -0.2) is 0 Å². The number of carbonyl (C=O) groups excluding carboxylic acids is 3. The first-order valence-corrected chi connectivity index (χ1v) is 15.9. The molecule has 2 saturated heterocycles. The van der Waals surface area contributed by atoms with Crippen molar-refractivity contribution < 1.29 is 29.0 Å². The largest absolute Gasteiger partial charge is 0.493 e. The molecule has 3 aliphatic rings. The Balaban J connectivity index is 1.27. The Bertz CT molecular complexity index is 1080. The van der Waals surface area contributed by atoms with Gasteiger partial charge in [-0.05, 0) is 69.7 Å². The fourth-order valence-electron chi connectivity index (χ4n) is 6.78. The van der Waals surface area contributed by atoms with Gasteiger partial charge < -0.3 is 35.0 Å². The SMILES string of the molecule is CCCCN1C(=O)[C@@H](CC2(O)CCCCC2)NC(=O)C12CCN(CCCCOc1ccc(C(=O)NC)cc1OC)CC2. The van der Waals surface area contributed by atoms with Gasteiger partial charge in [-0.1, -0.05) is 32.6 Å². The average molecular weight is 587 g/mol. The van der Waals surface area contributed by atoms with E-state index in [1.54, 1.807) is 32.4 Å². The second-order valence-electron chi connectivity index (χ2n) is 12.2. The van der Waals surface area contributed by atoms with Crippen molar-refractivity contribution in [3.05, 3.63) is 23.8 Å². The molecule has 1 atom stereocenters. The van der Waals surface area contributed by atoms with Crippen LogP contribution in [0.15, 0.2) is 18.2 Å². The molecule has 3 fully saturated rings. The Kier molecular flexibility index (Phi) is 11.1. The molecular weight excluding hydrogens is 536 g/mol. The molecule has 234 valence electrons. The summed E-state index contributed by atoms with van der Waals surface area (Å²) in [6, 6.07) is 4.51. The zero-order valence-electron chi connectivity index (χ0n) is 25.7. The van der Waals surface area contributed by atoms with Crippen LogP contribution in [0.1, 0.15) is 94.3 Å². The topological polar surface area (TPSA) is 120 Å². The van der Waals surface area contributed by atoms with Gasteiger partial charge in [-0.15, -0.1) is 0 Å². The minimum absolute atomic E-state index is 0.0218. The molecule has 3 amide bonds. The predicted molar refractivity (Wildman–Crippen MR) is 161 cm³/mol. The zero-order valence-corrected chi connectivity index (χ0v) is 25.7. The summed E-state index contributed by atoms with van der Waals surface area (Å²) < 4.78 is 11.3. The summed E-state index contributed by atoms with van der Waals surface area (Å²) in [5, 5.41) is 16.8. The van der Waals surface area contributed by atoms with E-state index < -0.39 is 17.2 Å². The monoisotopic (exact) mass is 586 g/mol. The third kappa shape index (κ3) is 7.37. The van der Waals surface area contributed by atoms with Gasteiger partial charge in [-0.2, -0.15) is 0 Å². The molecule has 0 bridgehead atoms. The van der Waals surface area contributed by atoms with Crippen LogP contribution in [0.25, 0.3) is 0 Å².